The summed E-state index contributed by atoms with van der Waals surface area (Å²) in [5.41, 5.74) is 3.00. The minimum Gasteiger partial charge on any atom is -0.364 e. The number of benzene rings is 1. The van der Waals surface area contributed by atoms with Crippen LogP contribution in [0.3, 0.4) is 0 Å². The summed E-state index contributed by atoms with van der Waals surface area (Å²) < 4.78 is 13.1. The average molecular weight is 314 g/mol. The van der Waals surface area contributed by atoms with Crippen LogP contribution in [0.1, 0.15) is 35.2 Å². The van der Waals surface area contributed by atoms with Gasteiger partial charge >= 0.3 is 0 Å². The fourth-order valence-corrected chi connectivity index (χ4v) is 2.96. The Morgan fingerprint density at radius 3 is 2.91 bits per heavy atom. The van der Waals surface area contributed by atoms with Crippen LogP contribution < -0.4 is 10.7 Å². The van der Waals surface area contributed by atoms with Crippen molar-refractivity contribution in [1.82, 2.24) is 10.3 Å². The summed E-state index contributed by atoms with van der Waals surface area (Å²) in [4.78, 5) is 27.6. The summed E-state index contributed by atoms with van der Waals surface area (Å²) >= 11 is 0. The number of hydrogen-bond acceptors (Lipinski definition) is 2. The van der Waals surface area contributed by atoms with E-state index in [9.17, 15) is 14.0 Å². The predicted molar refractivity (Wildman–Crippen MR) is 85.7 cm³/mol. The molecule has 4 nitrogen and oxygen atoms in total. The quantitative estimate of drug-likeness (QED) is 0.909. The van der Waals surface area contributed by atoms with Gasteiger partial charge < -0.3 is 10.3 Å². The number of hydrogen-bond donors (Lipinski definition) is 2. The van der Waals surface area contributed by atoms with E-state index in [2.05, 4.69) is 10.3 Å². The van der Waals surface area contributed by atoms with Crippen LogP contribution in [0.2, 0.25) is 0 Å². The molecule has 0 fully saturated rings. The zero-order valence-corrected chi connectivity index (χ0v) is 12.8. The number of fused-ring (bicyclic) bond motifs is 1. The zero-order chi connectivity index (χ0) is 16.2. The van der Waals surface area contributed by atoms with E-state index in [0.29, 0.717) is 11.1 Å². The summed E-state index contributed by atoms with van der Waals surface area (Å²) in [6, 6.07) is 6.09. The van der Waals surface area contributed by atoms with Gasteiger partial charge in [-0.05, 0) is 43.4 Å². The maximum absolute atomic E-state index is 13.1. The molecule has 0 aliphatic heterocycles. The molecule has 23 heavy (non-hydrogen) atoms. The lowest BCUT2D eigenvalue weighted by Gasteiger charge is -2.15. The third kappa shape index (κ3) is 3.67. The van der Waals surface area contributed by atoms with Gasteiger partial charge in [-0.15, -0.1) is 0 Å². The van der Waals surface area contributed by atoms with Gasteiger partial charge in [0.15, 0.2) is 5.43 Å². The fourth-order valence-electron chi connectivity index (χ4n) is 2.96. The van der Waals surface area contributed by atoms with E-state index in [-0.39, 0.29) is 30.1 Å². The largest absolute Gasteiger partial charge is 0.364 e. The van der Waals surface area contributed by atoms with Gasteiger partial charge in [-0.2, -0.15) is 0 Å². The topological polar surface area (TPSA) is 62.0 Å². The van der Waals surface area contributed by atoms with Crippen molar-refractivity contribution in [2.24, 2.45) is 0 Å². The fraction of sp³-hybridized carbons (Fsp3) is 0.333. The first-order valence-electron chi connectivity index (χ1n) is 7.87. The number of amides is 1. The van der Waals surface area contributed by atoms with Gasteiger partial charge in [0, 0.05) is 29.6 Å². The Bertz CT molecular complexity index is 783. The van der Waals surface area contributed by atoms with E-state index in [4.69, 9.17) is 0 Å². The highest BCUT2D eigenvalue weighted by molar-refractivity contribution is 5.78. The molecule has 1 amide bonds. The van der Waals surface area contributed by atoms with E-state index < -0.39 is 0 Å². The molecule has 120 valence electrons. The molecule has 2 N–H and O–H groups in total. The highest BCUT2D eigenvalue weighted by Crippen LogP contribution is 2.16. The Kier molecular flexibility index (Phi) is 4.55. The normalized spacial score (nSPS) is 13.4. The van der Waals surface area contributed by atoms with Gasteiger partial charge in [0.25, 0.3) is 0 Å². The zero-order valence-electron chi connectivity index (χ0n) is 12.8. The third-order valence-electron chi connectivity index (χ3n) is 4.18. The molecule has 1 aromatic heterocycles. The van der Waals surface area contributed by atoms with E-state index in [1.165, 1.54) is 12.1 Å². The van der Waals surface area contributed by atoms with E-state index >= 15 is 0 Å². The summed E-state index contributed by atoms with van der Waals surface area (Å²) in [6.45, 7) is 0.249. The molecule has 2 aromatic rings. The van der Waals surface area contributed by atoms with Crippen LogP contribution in [-0.4, -0.2) is 10.9 Å². The van der Waals surface area contributed by atoms with Gasteiger partial charge in [-0.1, -0.05) is 12.1 Å². The highest BCUT2D eigenvalue weighted by atomic mass is 19.1. The smallest absolute Gasteiger partial charge is 0.224 e. The Hall–Kier alpha value is -2.43. The standard InChI is InChI=1S/C18H19FN2O2/c19-14-5-3-4-12(8-14)10-21-17(22)9-13-11-20-16-7-2-1-6-15(16)18(13)23/h3-5,8,11H,1-2,6-7,9-10H2,(H,20,23)(H,21,22). The van der Waals surface area contributed by atoms with Crippen molar-refractivity contribution in [2.45, 2.75) is 38.6 Å². The molecule has 1 aliphatic rings. The first kappa shape index (κ1) is 15.5. The number of aromatic amines is 1. The van der Waals surface area contributed by atoms with Crippen LogP contribution in [0.4, 0.5) is 4.39 Å². The number of halogens is 1. The average Bonchev–Trinajstić information content (AvgIpc) is 2.56. The minimum atomic E-state index is -0.331. The van der Waals surface area contributed by atoms with Gasteiger partial charge in [-0.25, -0.2) is 4.39 Å². The highest BCUT2D eigenvalue weighted by Gasteiger charge is 2.16. The molecule has 1 aromatic carbocycles. The van der Waals surface area contributed by atoms with Crippen molar-refractivity contribution < 1.29 is 9.18 Å². The summed E-state index contributed by atoms with van der Waals surface area (Å²) in [7, 11) is 0. The molecule has 0 saturated heterocycles. The van der Waals surface area contributed by atoms with Gasteiger partial charge in [-0.3, -0.25) is 9.59 Å². The Balaban J connectivity index is 1.65. The van der Waals surface area contributed by atoms with Gasteiger partial charge in [0.1, 0.15) is 5.82 Å². The van der Waals surface area contributed by atoms with Crippen LogP contribution in [0.25, 0.3) is 0 Å². The number of carbonyl (C=O) groups is 1. The Morgan fingerprint density at radius 2 is 2.09 bits per heavy atom. The molecule has 0 atom stereocenters. The molecule has 0 saturated carbocycles. The van der Waals surface area contributed by atoms with Crippen molar-refractivity contribution in [3.05, 3.63) is 68.9 Å². The third-order valence-corrected chi connectivity index (χ3v) is 4.18. The monoisotopic (exact) mass is 314 g/mol. The Labute approximate surface area is 133 Å². The lowest BCUT2D eigenvalue weighted by atomic mass is 9.94. The second-order valence-corrected chi connectivity index (χ2v) is 5.89. The van der Waals surface area contributed by atoms with Gasteiger partial charge in [0.05, 0.1) is 6.42 Å². The lowest BCUT2D eigenvalue weighted by Crippen LogP contribution is -2.29. The SMILES string of the molecule is O=C(Cc1c[nH]c2c(c1=O)CCCC2)NCc1cccc(F)c1. The molecule has 0 radical (unpaired) electrons. The molecule has 5 heteroatoms. The number of pyridine rings is 1. The molecule has 1 heterocycles. The lowest BCUT2D eigenvalue weighted by molar-refractivity contribution is -0.120. The van der Waals surface area contributed by atoms with Crippen LogP contribution in [0.5, 0.6) is 0 Å². The van der Waals surface area contributed by atoms with Crippen molar-refractivity contribution >= 4 is 5.91 Å². The number of nitrogens with one attached hydrogen (secondary N) is 2. The predicted octanol–water partition coefficient (Wildman–Crippen LogP) is 2.25. The van der Waals surface area contributed by atoms with E-state index in [0.717, 1.165) is 36.9 Å². The van der Waals surface area contributed by atoms with Gasteiger partial charge in [0.2, 0.25) is 5.91 Å². The molecular weight excluding hydrogens is 295 g/mol. The number of rotatable bonds is 4. The number of aromatic nitrogens is 1. The molecule has 0 bridgehead atoms. The molecule has 0 unspecified atom stereocenters. The van der Waals surface area contributed by atoms with Crippen molar-refractivity contribution in [1.29, 1.82) is 0 Å². The maximum Gasteiger partial charge on any atom is 0.224 e. The van der Waals surface area contributed by atoms with Crippen LogP contribution in [0.15, 0.2) is 35.3 Å². The Morgan fingerprint density at radius 1 is 1.26 bits per heavy atom. The first-order chi connectivity index (χ1) is 11.1. The minimum absolute atomic E-state index is 0.0145. The number of H-pyrrole nitrogens is 1. The summed E-state index contributed by atoms with van der Waals surface area (Å²) in [5, 5.41) is 2.72. The van der Waals surface area contributed by atoms with Crippen molar-refractivity contribution in [3.8, 4) is 0 Å². The van der Waals surface area contributed by atoms with Crippen LogP contribution in [-0.2, 0) is 30.6 Å². The van der Waals surface area contributed by atoms with Crippen molar-refractivity contribution in [3.63, 3.8) is 0 Å². The molecular formula is C18H19FN2O2. The summed E-state index contributed by atoms with van der Waals surface area (Å²) in [5.74, 6) is -0.571. The molecule has 1 aliphatic carbocycles. The van der Waals surface area contributed by atoms with Crippen LogP contribution in [0, 0.1) is 5.82 Å². The second kappa shape index (κ2) is 6.77. The maximum atomic E-state index is 13.1. The second-order valence-electron chi connectivity index (χ2n) is 5.89. The van der Waals surface area contributed by atoms with E-state index in [1.807, 2.05) is 0 Å². The molecule has 0 spiro atoms. The number of carbonyl (C=O) groups excluding carboxylic acids is 1. The van der Waals surface area contributed by atoms with Crippen LogP contribution >= 0.6 is 0 Å². The first-order valence-corrected chi connectivity index (χ1v) is 7.87. The molecule has 3 rings (SSSR count). The summed E-state index contributed by atoms with van der Waals surface area (Å²) in [6.07, 6.45) is 5.48. The van der Waals surface area contributed by atoms with Crippen molar-refractivity contribution in [2.75, 3.05) is 0 Å². The van der Waals surface area contributed by atoms with E-state index in [1.54, 1.807) is 18.3 Å². The number of aryl methyl sites for hydroxylation is 1.